The molecule has 4 aromatic carbocycles. The monoisotopic (exact) mass is 634 g/mol. The number of benzene rings is 4. The highest BCUT2D eigenvalue weighted by Crippen LogP contribution is 2.46. The lowest BCUT2D eigenvalue weighted by molar-refractivity contribution is -0.673. The van der Waals surface area contributed by atoms with Crippen molar-refractivity contribution in [3.05, 3.63) is 143 Å². The van der Waals surface area contributed by atoms with Gasteiger partial charge in [-0.05, 0) is 57.3 Å². The quantitative estimate of drug-likeness (QED) is 0.180. The number of anilines is 2. The van der Waals surface area contributed by atoms with Crippen LogP contribution < -0.4 is 18.9 Å². The van der Waals surface area contributed by atoms with E-state index < -0.39 is 0 Å². The minimum atomic E-state index is 1.16. The smallest absolute Gasteiger partial charge is 0.208 e. The lowest BCUT2D eigenvalue weighted by Crippen LogP contribution is -2.31. The lowest BCUT2D eigenvalue weighted by Gasteiger charge is -2.14. The van der Waals surface area contributed by atoms with Crippen LogP contribution in [0.2, 0.25) is 0 Å². The van der Waals surface area contributed by atoms with Crippen LogP contribution in [0.4, 0.5) is 11.4 Å². The third kappa shape index (κ3) is 4.98. The van der Waals surface area contributed by atoms with Crippen molar-refractivity contribution in [2.75, 3.05) is 23.9 Å². The first kappa shape index (κ1) is 28.7. The van der Waals surface area contributed by atoms with E-state index in [1.54, 1.807) is 0 Å². The SMILES string of the molecule is CN1/C(=C/c2cc(-c3cccc4cccc(-c5cc[n+](C)c(/C=C6\Sc7ccccc7N6C)c5)c34)cc[n+]2C)Sc2ccccc21. The van der Waals surface area contributed by atoms with E-state index in [0.717, 1.165) is 11.4 Å². The van der Waals surface area contributed by atoms with Gasteiger partial charge in [-0.15, -0.1) is 0 Å². The van der Waals surface area contributed by atoms with Crippen LogP contribution in [-0.4, -0.2) is 14.1 Å². The number of aromatic nitrogens is 2. The summed E-state index contributed by atoms with van der Waals surface area (Å²) in [4.78, 5) is 7.15. The van der Waals surface area contributed by atoms with Gasteiger partial charge < -0.3 is 9.80 Å². The third-order valence-electron chi connectivity index (χ3n) is 8.99. The Morgan fingerprint density at radius 1 is 0.543 bits per heavy atom. The lowest BCUT2D eigenvalue weighted by atomic mass is 9.91. The van der Waals surface area contributed by atoms with Crippen molar-refractivity contribution in [1.82, 2.24) is 0 Å². The largest absolute Gasteiger partial charge is 0.338 e. The molecule has 0 fully saturated rings. The molecule has 0 N–H and O–H groups in total. The van der Waals surface area contributed by atoms with Crippen molar-refractivity contribution in [1.29, 1.82) is 0 Å². The molecule has 0 bridgehead atoms. The molecule has 4 heterocycles. The molecule has 0 spiro atoms. The van der Waals surface area contributed by atoms with E-state index >= 15 is 0 Å². The summed E-state index contributed by atoms with van der Waals surface area (Å²) in [5.41, 5.74) is 9.71. The Balaban J connectivity index is 1.21. The van der Waals surface area contributed by atoms with Crippen molar-refractivity contribution < 1.29 is 9.13 Å². The Morgan fingerprint density at radius 3 is 1.46 bits per heavy atom. The van der Waals surface area contributed by atoms with Gasteiger partial charge in [0.05, 0.1) is 21.4 Å². The summed E-state index contributed by atoms with van der Waals surface area (Å²) >= 11 is 3.65. The molecule has 8 rings (SSSR count). The molecule has 6 aromatic rings. The molecular formula is C40H34N4S2+2. The Labute approximate surface area is 278 Å². The molecule has 0 saturated heterocycles. The van der Waals surface area contributed by atoms with Gasteiger partial charge in [-0.1, -0.05) is 84.2 Å². The van der Waals surface area contributed by atoms with E-state index in [-0.39, 0.29) is 0 Å². The van der Waals surface area contributed by atoms with Gasteiger partial charge in [0.2, 0.25) is 11.4 Å². The van der Waals surface area contributed by atoms with Gasteiger partial charge in [0.15, 0.2) is 12.4 Å². The zero-order valence-corrected chi connectivity index (χ0v) is 27.9. The number of thioether (sulfide) groups is 2. The number of para-hydroxylation sites is 2. The average molecular weight is 635 g/mol. The molecule has 2 aliphatic rings. The van der Waals surface area contributed by atoms with Gasteiger partial charge in [0, 0.05) is 60.3 Å². The number of nitrogens with zero attached hydrogens (tertiary/aromatic N) is 4. The van der Waals surface area contributed by atoms with Crippen LogP contribution in [0, 0.1) is 0 Å². The van der Waals surface area contributed by atoms with Crippen molar-refractivity contribution in [2.24, 2.45) is 14.1 Å². The maximum Gasteiger partial charge on any atom is 0.208 e. The first-order chi connectivity index (χ1) is 22.4. The van der Waals surface area contributed by atoms with Crippen molar-refractivity contribution in [3.63, 3.8) is 0 Å². The molecule has 0 saturated carbocycles. The van der Waals surface area contributed by atoms with Crippen LogP contribution in [-0.2, 0) is 14.1 Å². The molecular weight excluding hydrogens is 601 g/mol. The first-order valence-electron chi connectivity index (χ1n) is 15.4. The van der Waals surface area contributed by atoms with Crippen LogP contribution in [0.1, 0.15) is 11.4 Å². The number of hydrogen-bond acceptors (Lipinski definition) is 4. The number of pyridine rings is 2. The molecule has 46 heavy (non-hydrogen) atoms. The number of hydrogen-bond donors (Lipinski definition) is 0. The van der Waals surface area contributed by atoms with E-state index in [1.807, 2.05) is 23.5 Å². The van der Waals surface area contributed by atoms with E-state index in [2.05, 4.69) is 181 Å². The Hall–Kier alpha value is -4.78. The van der Waals surface area contributed by atoms with Gasteiger partial charge in [-0.3, -0.25) is 0 Å². The molecule has 224 valence electrons. The molecule has 2 aromatic heterocycles. The molecule has 2 aliphatic heterocycles. The maximum atomic E-state index is 2.32. The highest BCUT2D eigenvalue weighted by atomic mass is 32.2. The number of fused-ring (bicyclic) bond motifs is 3. The van der Waals surface area contributed by atoms with Crippen LogP contribution in [0.5, 0.6) is 0 Å². The van der Waals surface area contributed by atoms with Crippen LogP contribution in [0.3, 0.4) is 0 Å². The summed E-state index contributed by atoms with van der Waals surface area (Å²) in [6, 6.07) is 39.6. The summed E-state index contributed by atoms with van der Waals surface area (Å²) in [7, 11) is 8.54. The minimum absolute atomic E-state index is 1.16. The average Bonchev–Trinajstić information content (AvgIpc) is 3.57. The predicted molar refractivity (Wildman–Crippen MR) is 195 cm³/mol. The molecule has 0 radical (unpaired) electrons. The van der Waals surface area contributed by atoms with Crippen molar-refractivity contribution in [3.8, 4) is 22.3 Å². The summed E-state index contributed by atoms with van der Waals surface area (Å²) in [5.74, 6) is 0. The zero-order chi connectivity index (χ0) is 31.4. The summed E-state index contributed by atoms with van der Waals surface area (Å²) in [6.45, 7) is 0. The van der Waals surface area contributed by atoms with Crippen LogP contribution in [0.15, 0.2) is 141 Å². The second kappa shape index (κ2) is 11.5. The summed E-state index contributed by atoms with van der Waals surface area (Å²) < 4.78 is 4.40. The molecule has 0 aliphatic carbocycles. The van der Waals surface area contributed by atoms with Crippen molar-refractivity contribution in [2.45, 2.75) is 9.79 Å². The Kier molecular flexibility index (Phi) is 7.19. The standard InChI is InChI=1S/C40H34N4S2/c1-41-21-19-28(23-30(41)25-38-43(3)34-15-5-7-17-36(34)45-38)32-13-9-11-27-12-10-14-33(40(27)32)29-20-22-42(2)31(24-29)26-39-44(4)35-16-6-8-18-37(35)46-39/h5-26H,1-4H3/q+2. The van der Waals surface area contributed by atoms with Gasteiger partial charge in [0.1, 0.15) is 14.1 Å². The summed E-state index contributed by atoms with van der Waals surface area (Å²) in [6.07, 6.45) is 8.95. The normalized spacial score (nSPS) is 15.7. The Bertz CT molecular complexity index is 2080. The molecule has 0 atom stereocenters. The van der Waals surface area contributed by atoms with E-state index in [1.165, 1.54) is 64.3 Å². The maximum absolute atomic E-state index is 2.32. The van der Waals surface area contributed by atoms with E-state index in [9.17, 15) is 0 Å². The number of rotatable bonds is 4. The Morgan fingerprint density at radius 2 is 1.00 bits per heavy atom. The van der Waals surface area contributed by atoms with Gasteiger partial charge in [0.25, 0.3) is 0 Å². The molecule has 4 nitrogen and oxygen atoms in total. The minimum Gasteiger partial charge on any atom is -0.338 e. The van der Waals surface area contributed by atoms with Gasteiger partial charge in [-0.25, -0.2) is 9.13 Å². The van der Waals surface area contributed by atoms with Gasteiger partial charge >= 0.3 is 0 Å². The van der Waals surface area contributed by atoms with E-state index in [4.69, 9.17) is 0 Å². The number of aryl methyl sites for hydroxylation is 2. The predicted octanol–water partition coefficient (Wildman–Crippen LogP) is 8.90. The fraction of sp³-hybridized carbons (Fsp3) is 0.100. The van der Waals surface area contributed by atoms with E-state index in [0.29, 0.717) is 0 Å². The van der Waals surface area contributed by atoms with Crippen LogP contribution in [0.25, 0.3) is 45.2 Å². The molecule has 0 amide bonds. The zero-order valence-electron chi connectivity index (χ0n) is 26.3. The van der Waals surface area contributed by atoms with Crippen LogP contribution >= 0.6 is 23.5 Å². The topological polar surface area (TPSA) is 14.2 Å². The highest BCUT2D eigenvalue weighted by Gasteiger charge is 2.24. The second-order valence-corrected chi connectivity index (χ2v) is 14.0. The van der Waals surface area contributed by atoms with Crippen molar-refractivity contribution >= 4 is 57.8 Å². The molecule has 6 heteroatoms. The van der Waals surface area contributed by atoms with Gasteiger partial charge in [-0.2, -0.15) is 0 Å². The molecule has 0 unspecified atom stereocenters. The fourth-order valence-corrected chi connectivity index (χ4v) is 8.56. The first-order valence-corrected chi connectivity index (χ1v) is 17.0. The summed E-state index contributed by atoms with van der Waals surface area (Å²) in [5, 5.41) is 4.95. The third-order valence-corrected chi connectivity index (χ3v) is 11.3. The highest BCUT2D eigenvalue weighted by molar-refractivity contribution is 8.04. The second-order valence-electron chi connectivity index (χ2n) is 11.8. The fourth-order valence-electron chi connectivity index (χ4n) is 6.37.